The number of thiazole rings is 1. The van der Waals surface area contributed by atoms with E-state index < -0.39 is 0 Å². The second-order valence-corrected chi connectivity index (χ2v) is 6.54. The predicted octanol–water partition coefficient (Wildman–Crippen LogP) is 3.94. The molecule has 0 amide bonds. The van der Waals surface area contributed by atoms with Crippen LogP contribution in [0, 0.1) is 13.8 Å². The molecule has 0 aliphatic carbocycles. The number of para-hydroxylation sites is 1. The van der Waals surface area contributed by atoms with Crippen LogP contribution in [0.1, 0.15) is 21.3 Å². The van der Waals surface area contributed by atoms with Crippen molar-refractivity contribution in [3.63, 3.8) is 0 Å². The molecule has 0 saturated heterocycles. The molecule has 20 heavy (non-hydrogen) atoms. The second kappa shape index (κ2) is 5.54. The number of fused-ring (bicyclic) bond motifs is 1. The Labute approximate surface area is 127 Å². The fourth-order valence-electron chi connectivity index (χ4n) is 2.42. The number of imidazole rings is 1. The largest absolute Gasteiger partial charge is 0.323 e. The van der Waals surface area contributed by atoms with Crippen LogP contribution in [0.4, 0.5) is 0 Å². The van der Waals surface area contributed by atoms with Crippen LogP contribution < -0.4 is 0 Å². The first-order valence-corrected chi connectivity index (χ1v) is 7.96. The Morgan fingerprint density at radius 1 is 1.30 bits per heavy atom. The zero-order valence-electron chi connectivity index (χ0n) is 11.6. The van der Waals surface area contributed by atoms with Crippen LogP contribution in [-0.4, -0.2) is 20.4 Å². The molecule has 3 nitrogen and oxygen atoms in total. The van der Waals surface area contributed by atoms with E-state index in [2.05, 4.69) is 34.7 Å². The van der Waals surface area contributed by atoms with E-state index in [1.807, 2.05) is 13.1 Å². The molecule has 5 heteroatoms. The van der Waals surface area contributed by atoms with Gasteiger partial charge in [0.1, 0.15) is 5.82 Å². The van der Waals surface area contributed by atoms with Crippen LogP contribution in [0.15, 0.2) is 24.4 Å². The first-order valence-electron chi connectivity index (χ1n) is 6.61. The van der Waals surface area contributed by atoms with Gasteiger partial charge in [-0.25, -0.2) is 9.97 Å². The standard InChI is InChI=1S/C15H16ClN3S/c1-10-4-3-5-13-15(10)18-14(6-7-16)19(13)9-12-8-17-11(2)20-12/h3-5,8H,6-7,9H2,1-2H3. The molecule has 3 rings (SSSR count). The van der Waals surface area contributed by atoms with Gasteiger partial charge in [-0.15, -0.1) is 22.9 Å². The number of benzene rings is 1. The lowest BCUT2D eigenvalue weighted by atomic mass is 10.2. The van der Waals surface area contributed by atoms with E-state index in [4.69, 9.17) is 16.6 Å². The number of nitrogens with zero attached hydrogens (tertiary/aromatic N) is 3. The SMILES string of the molecule is Cc1ncc(Cn2c(CCCl)nc3c(C)cccc32)s1. The summed E-state index contributed by atoms with van der Waals surface area (Å²) in [5.41, 5.74) is 3.46. The lowest BCUT2D eigenvalue weighted by molar-refractivity contribution is 0.762. The van der Waals surface area contributed by atoms with Crippen molar-refractivity contribution in [1.29, 1.82) is 0 Å². The van der Waals surface area contributed by atoms with Crippen molar-refractivity contribution in [1.82, 2.24) is 14.5 Å². The smallest absolute Gasteiger partial charge is 0.111 e. The molecule has 2 aromatic heterocycles. The number of hydrogen-bond donors (Lipinski definition) is 0. The number of aromatic nitrogens is 3. The van der Waals surface area contributed by atoms with E-state index in [0.717, 1.165) is 29.3 Å². The Bertz CT molecular complexity index is 745. The molecular weight excluding hydrogens is 290 g/mol. The molecule has 0 aliphatic rings. The number of rotatable bonds is 4. The van der Waals surface area contributed by atoms with E-state index in [0.29, 0.717) is 5.88 Å². The van der Waals surface area contributed by atoms with Gasteiger partial charge in [-0.3, -0.25) is 0 Å². The molecule has 0 aliphatic heterocycles. The van der Waals surface area contributed by atoms with Gasteiger partial charge < -0.3 is 4.57 Å². The van der Waals surface area contributed by atoms with Gasteiger partial charge in [0.15, 0.2) is 0 Å². The van der Waals surface area contributed by atoms with Gasteiger partial charge in [-0.2, -0.15) is 0 Å². The van der Waals surface area contributed by atoms with E-state index in [9.17, 15) is 0 Å². The summed E-state index contributed by atoms with van der Waals surface area (Å²) >= 11 is 7.65. The van der Waals surface area contributed by atoms with Gasteiger partial charge >= 0.3 is 0 Å². The fourth-order valence-corrected chi connectivity index (χ4v) is 3.37. The summed E-state index contributed by atoms with van der Waals surface area (Å²) in [5.74, 6) is 1.64. The number of halogens is 1. The van der Waals surface area contributed by atoms with Gasteiger partial charge in [0.05, 0.1) is 22.6 Å². The molecule has 0 N–H and O–H groups in total. The molecule has 0 atom stereocenters. The first kappa shape index (κ1) is 13.6. The minimum absolute atomic E-state index is 0.587. The maximum atomic E-state index is 5.92. The third-order valence-corrected chi connectivity index (χ3v) is 4.45. The van der Waals surface area contributed by atoms with Crippen LogP contribution in [0.2, 0.25) is 0 Å². The molecule has 0 unspecified atom stereocenters. The third-order valence-electron chi connectivity index (χ3n) is 3.36. The van der Waals surface area contributed by atoms with Crippen LogP contribution in [0.25, 0.3) is 11.0 Å². The zero-order valence-corrected chi connectivity index (χ0v) is 13.1. The van der Waals surface area contributed by atoms with Crippen molar-refractivity contribution in [2.45, 2.75) is 26.8 Å². The van der Waals surface area contributed by atoms with Crippen LogP contribution in [0.3, 0.4) is 0 Å². The minimum Gasteiger partial charge on any atom is -0.323 e. The van der Waals surface area contributed by atoms with Crippen molar-refractivity contribution in [2.75, 3.05) is 5.88 Å². The average molecular weight is 306 g/mol. The highest BCUT2D eigenvalue weighted by Crippen LogP contribution is 2.23. The number of aryl methyl sites for hydroxylation is 3. The van der Waals surface area contributed by atoms with Crippen LogP contribution in [-0.2, 0) is 13.0 Å². The Hall–Kier alpha value is -1.39. The highest BCUT2D eigenvalue weighted by atomic mass is 35.5. The van der Waals surface area contributed by atoms with Crippen LogP contribution >= 0.6 is 22.9 Å². The van der Waals surface area contributed by atoms with Gasteiger partial charge in [0.2, 0.25) is 0 Å². The van der Waals surface area contributed by atoms with Crippen molar-refractivity contribution in [2.24, 2.45) is 0 Å². The minimum atomic E-state index is 0.587. The maximum absolute atomic E-state index is 5.92. The highest BCUT2D eigenvalue weighted by molar-refractivity contribution is 7.11. The van der Waals surface area contributed by atoms with Gasteiger partial charge in [-0.05, 0) is 25.5 Å². The molecular formula is C15H16ClN3S. The van der Waals surface area contributed by atoms with E-state index >= 15 is 0 Å². The average Bonchev–Trinajstić information content (AvgIpc) is 2.97. The monoisotopic (exact) mass is 305 g/mol. The van der Waals surface area contributed by atoms with Gasteiger partial charge in [0.25, 0.3) is 0 Å². The first-order chi connectivity index (χ1) is 9.69. The third kappa shape index (κ3) is 2.45. The summed E-state index contributed by atoms with van der Waals surface area (Å²) in [7, 11) is 0. The van der Waals surface area contributed by atoms with Crippen molar-refractivity contribution >= 4 is 34.0 Å². The summed E-state index contributed by atoms with van der Waals surface area (Å²) in [6, 6.07) is 6.31. The normalized spacial score (nSPS) is 11.3. The predicted molar refractivity (Wildman–Crippen MR) is 84.8 cm³/mol. The fraction of sp³-hybridized carbons (Fsp3) is 0.333. The summed E-state index contributed by atoms with van der Waals surface area (Å²) in [6.45, 7) is 4.95. The molecule has 104 valence electrons. The number of alkyl halides is 1. The molecule has 0 radical (unpaired) electrons. The van der Waals surface area contributed by atoms with Crippen molar-refractivity contribution in [3.8, 4) is 0 Å². The zero-order chi connectivity index (χ0) is 14.1. The van der Waals surface area contributed by atoms with Crippen molar-refractivity contribution in [3.05, 3.63) is 45.7 Å². The quantitative estimate of drug-likeness (QED) is 0.684. The Kier molecular flexibility index (Phi) is 3.76. The molecule has 0 saturated carbocycles. The molecule has 3 aromatic rings. The summed E-state index contributed by atoms with van der Waals surface area (Å²) in [6.07, 6.45) is 2.74. The van der Waals surface area contributed by atoms with Crippen molar-refractivity contribution < 1.29 is 0 Å². The molecule has 1 aromatic carbocycles. The Morgan fingerprint density at radius 2 is 2.15 bits per heavy atom. The maximum Gasteiger partial charge on any atom is 0.111 e. The lowest BCUT2D eigenvalue weighted by Gasteiger charge is -2.06. The highest BCUT2D eigenvalue weighted by Gasteiger charge is 2.13. The molecule has 0 bridgehead atoms. The summed E-state index contributed by atoms with van der Waals surface area (Å²) in [5, 5.41) is 1.10. The summed E-state index contributed by atoms with van der Waals surface area (Å²) in [4.78, 5) is 10.3. The Balaban J connectivity index is 2.11. The lowest BCUT2D eigenvalue weighted by Crippen LogP contribution is -2.04. The molecule has 2 heterocycles. The summed E-state index contributed by atoms with van der Waals surface area (Å²) < 4.78 is 2.26. The van der Waals surface area contributed by atoms with E-state index in [1.165, 1.54) is 16.0 Å². The number of hydrogen-bond acceptors (Lipinski definition) is 3. The van der Waals surface area contributed by atoms with Gasteiger partial charge in [-0.1, -0.05) is 12.1 Å². The molecule has 0 fully saturated rings. The van der Waals surface area contributed by atoms with E-state index in [1.54, 1.807) is 11.3 Å². The molecule has 0 spiro atoms. The van der Waals surface area contributed by atoms with Gasteiger partial charge in [0, 0.05) is 23.4 Å². The van der Waals surface area contributed by atoms with Crippen LogP contribution in [0.5, 0.6) is 0 Å². The van der Waals surface area contributed by atoms with E-state index in [-0.39, 0.29) is 0 Å². The second-order valence-electron chi connectivity index (χ2n) is 4.84. The topological polar surface area (TPSA) is 30.7 Å². The Morgan fingerprint density at radius 3 is 2.85 bits per heavy atom.